The Morgan fingerprint density at radius 1 is 1.00 bits per heavy atom. The van der Waals surface area contributed by atoms with Crippen LogP contribution in [-0.4, -0.2) is 5.11 Å². The summed E-state index contributed by atoms with van der Waals surface area (Å²) in [5, 5.41) is 11.9. The lowest BCUT2D eigenvalue weighted by atomic mass is 10.2. The second-order valence-corrected chi connectivity index (χ2v) is 3.46. The number of para-hydroxylation sites is 1. The molecule has 0 aliphatic heterocycles. The summed E-state index contributed by atoms with van der Waals surface area (Å²) in [7, 11) is 0. The van der Waals surface area contributed by atoms with Crippen molar-refractivity contribution in [3.63, 3.8) is 0 Å². The van der Waals surface area contributed by atoms with E-state index in [1.165, 1.54) is 6.07 Å². The highest BCUT2D eigenvalue weighted by Crippen LogP contribution is 2.19. The van der Waals surface area contributed by atoms with E-state index < -0.39 is 5.82 Å². The minimum Gasteiger partial charge on any atom is -0.392 e. The van der Waals surface area contributed by atoms with Gasteiger partial charge in [0, 0.05) is 16.9 Å². The van der Waals surface area contributed by atoms with Gasteiger partial charge in [-0.25, -0.2) is 4.39 Å². The first kappa shape index (κ1) is 10.6. The fourth-order valence-electron chi connectivity index (χ4n) is 1.44. The van der Waals surface area contributed by atoms with E-state index in [0.29, 0.717) is 11.3 Å². The van der Waals surface area contributed by atoms with Gasteiger partial charge in [-0.3, -0.25) is 0 Å². The summed E-state index contributed by atoms with van der Waals surface area (Å²) in [6, 6.07) is 14.2. The number of anilines is 2. The Morgan fingerprint density at radius 2 is 1.75 bits per heavy atom. The van der Waals surface area contributed by atoms with E-state index >= 15 is 0 Å². The Morgan fingerprint density at radius 3 is 2.38 bits per heavy atom. The second kappa shape index (κ2) is 4.77. The van der Waals surface area contributed by atoms with Crippen LogP contribution in [0.3, 0.4) is 0 Å². The van der Waals surface area contributed by atoms with E-state index in [9.17, 15) is 4.39 Å². The average molecular weight is 217 g/mol. The summed E-state index contributed by atoms with van der Waals surface area (Å²) >= 11 is 0. The molecule has 0 aromatic heterocycles. The smallest absolute Gasteiger partial charge is 0.130 e. The van der Waals surface area contributed by atoms with Gasteiger partial charge in [0.15, 0.2) is 0 Å². The van der Waals surface area contributed by atoms with Crippen molar-refractivity contribution in [1.82, 2.24) is 0 Å². The minimum atomic E-state index is -0.400. The Kier molecular flexibility index (Phi) is 3.17. The highest BCUT2D eigenvalue weighted by atomic mass is 19.1. The molecular formula is C13H12FNO. The third-order valence-electron chi connectivity index (χ3n) is 2.29. The lowest BCUT2D eigenvalue weighted by Gasteiger charge is -2.07. The van der Waals surface area contributed by atoms with Crippen molar-refractivity contribution in [2.24, 2.45) is 0 Å². The van der Waals surface area contributed by atoms with Gasteiger partial charge < -0.3 is 10.4 Å². The van der Waals surface area contributed by atoms with Gasteiger partial charge in [0.2, 0.25) is 0 Å². The molecule has 0 aliphatic carbocycles. The van der Waals surface area contributed by atoms with Crippen molar-refractivity contribution in [3.05, 3.63) is 59.9 Å². The molecule has 0 amide bonds. The maximum atomic E-state index is 13.4. The van der Waals surface area contributed by atoms with E-state index in [0.717, 1.165) is 5.69 Å². The second-order valence-electron chi connectivity index (χ2n) is 3.46. The van der Waals surface area contributed by atoms with E-state index in [4.69, 9.17) is 5.11 Å². The molecule has 0 radical (unpaired) electrons. The largest absolute Gasteiger partial charge is 0.392 e. The molecule has 0 heterocycles. The van der Waals surface area contributed by atoms with Crippen LogP contribution >= 0.6 is 0 Å². The summed E-state index contributed by atoms with van der Waals surface area (Å²) in [5.41, 5.74) is 1.87. The molecule has 0 saturated carbocycles. The van der Waals surface area contributed by atoms with Crippen LogP contribution in [0.25, 0.3) is 0 Å². The zero-order valence-electron chi connectivity index (χ0n) is 8.65. The molecule has 0 spiro atoms. The molecule has 16 heavy (non-hydrogen) atoms. The first-order chi connectivity index (χ1) is 7.79. The summed E-state index contributed by atoms with van der Waals surface area (Å²) in [4.78, 5) is 0. The molecule has 0 unspecified atom stereocenters. The number of benzene rings is 2. The van der Waals surface area contributed by atoms with E-state index in [1.54, 1.807) is 12.1 Å². The lowest BCUT2D eigenvalue weighted by molar-refractivity contribution is 0.276. The predicted octanol–water partition coefficient (Wildman–Crippen LogP) is 3.06. The van der Waals surface area contributed by atoms with Crippen molar-refractivity contribution < 1.29 is 9.50 Å². The van der Waals surface area contributed by atoms with Crippen LogP contribution < -0.4 is 5.32 Å². The van der Waals surface area contributed by atoms with Crippen molar-refractivity contribution >= 4 is 11.4 Å². The molecule has 0 fully saturated rings. The number of aliphatic hydroxyl groups excluding tert-OH is 1. The average Bonchev–Trinajstić information content (AvgIpc) is 2.31. The molecule has 3 heteroatoms. The van der Waals surface area contributed by atoms with Crippen LogP contribution in [0.1, 0.15) is 5.56 Å². The number of hydrogen-bond acceptors (Lipinski definition) is 2. The number of rotatable bonds is 3. The molecule has 0 bridgehead atoms. The zero-order chi connectivity index (χ0) is 11.4. The van der Waals surface area contributed by atoms with Crippen molar-refractivity contribution in [3.8, 4) is 0 Å². The minimum absolute atomic E-state index is 0.280. The molecular weight excluding hydrogens is 205 g/mol. The number of hydrogen-bond donors (Lipinski definition) is 2. The maximum absolute atomic E-state index is 13.4. The molecule has 2 nitrogen and oxygen atoms in total. The van der Waals surface area contributed by atoms with Gasteiger partial charge in [0.1, 0.15) is 5.82 Å². The number of aliphatic hydroxyl groups is 1. The fraction of sp³-hybridized carbons (Fsp3) is 0.0769. The number of halogens is 1. The third kappa shape index (κ3) is 2.38. The van der Waals surface area contributed by atoms with Crippen LogP contribution in [-0.2, 0) is 6.61 Å². The van der Waals surface area contributed by atoms with E-state index in [-0.39, 0.29) is 6.61 Å². The highest BCUT2D eigenvalue weighted by molar-refractivity contribution is 5.59. The monoisotopic (exact) mass is 217 g/mol. The molecule has 0 aliphatic rings. The summed E-state index contributed by atoms with van der Waals surface area (Å²) in [5.74, 6) is -0.400. The first-order valence-corrected chi connectivity index (χ1v) is 5.01. The van der Waals surface area contributed by atoms with Crippen LogP contribution in [0.5, 0.6) is 0 Å². The topological polar surface area (TPSA) is 32.3 Å². The molecule has 2 aromatic rings. The van der Waals surface area contributed by atoms with Gasteiger partial charge in [-0.05, 0) is 24.3 Å². The van der Waals surface area contributed by atoms with Gasteiger partial charge in [0.05, 0.1) is 6.61 Å². The summed E-state index contributed by atoms with van der Waals surface area (Å²) < 4.78 is 13.4. The van der Waals surface area contributed by atoms with Crippen molar-refractivity contribution in [1.29, 1.82) is 0 Å². The van der Waals surface area contributed by atoms with Crippen LogP contribution in [0.15, 0.2) is 48.5 Å². The zero-order valence-corrected chi connectivity index (χ0v) is 8.65. The standard InChI is InChI=1S/C13H12FNO/c14-13-8-12(7-6-10(13)9-16)15-11-4-2-1-3-5-11/h1-8,15-16H,9H2. The van der Waals surface area contributed by atoms with Crippen molar-refractivity contribution in [2.45, 2.75) is 6.61 Å². The molecule has 0 atom stereocenters. The van der Waals surface area contributed by atoms with Crippen molar-refractivity contribution in [2.75, 3.05) is 5.32 Å². The van der Waals surface area contributed by atoms with Gasteiger partial charge in [0.25, 0.3) is 0 Å². The van der Waals surface area contributed by atoms with Crippen LogP contribution in [0.2, 0.25) is 0 Å². The van der Waals surface area contributed by atoms with Gasteiger partial charge in [-0.15, -0.1) is 0 Å². The molecule has 2 N–H and O–H groups in total. The first-order valence-electron chi connectivity index (χ1n) is 5.01. The fourth-order valence-corrected chi connectivity index (χ4v) is 1.44. The molecule has 2 aromatic carbocycles. The Balaban J connectivity index is 2.20. The highest BCUT2D eigenvalue weighted by Gasteiger charge is 2.02. The maximum Gasteiger partial charge on any atom is 0.130 e. The summed E-state index contributed by atoms with van der Waals surface area (Å²) in [6.07, 6.45) is 0. The van der Waals surface area contributed by atoms with E-state index in [1.807, 2.05) is 30.3 Å². The van der Waals surface area contributed by atoms with Crippen LogP contribution in [0, 0.1) is 5.82 Å². The molecule has 2 rings (SSSR count). The molecule has 82 valence electrons. The Hall–Kier alpha value is -1.87. The normalized spacial score (nSPS) is 10.1. The predicted molar refractivity (Wildman–Crippen MR) is 62.0 cm³/mol. The lowest BCUT2D eigenvalue weighted by Crippen LogP contribution is -1.94. The third-order valence-corrected chi connectivity index (χ3v) is 2.29. The number of nitrogens with one attached hydrogen (secondary N) is 1. The SMILES string of the molecule is OCc1ccc(Nc2ccccc2)cc1F. The van der Waals surface area contributed by atoms with Gasteiger partial charge in [-0.1, -0.05) is 24.3 Å². The van der Waals surface area contributed by atoms with Gasteiger partial charge in [-0.2, -0.15) is 0 Å². The summed E-state index contributed by atoms with van der Waals surface area (Å²) in [6.45, 7) is -0.280. The van der Waals surface area contributed by atoms with Crippen LogP contribution in [0.4, 0.5) is 15.8 Å². The quantitative estimate of drug-likeness (QED) is 0.828. The van der Waals surface area contributed by atoms with E-state index in [2.05, 4.69) is 5.32 Å². The molecule has 0 saturated heterocycles. The Bertz CT molecular complexity index is 471. The van der Waals surface area contributed by atoms with Gasteiger partial charge >= 0.3 is 0 Å². The Labute approximate surface area is 93.4 Å².